The van der Waals surface area contributed by atoms with E-state index in [1.807, 2.05) is 13.8 Å². The lowest BCUT2D eigenvalue weighted by atomic mass is 9.92. The molecule has 2 heterocycles. The second-order valence-corrected chi connectivity index (χ2v) is 9.36. The molecule has 0 saturated heterocycles. The summed E-state index contributed by atoms with van der Waals surface area (Å²) in [7, 11) is 0. The van der Waals surface area contributed by atoms with Crippen LogP contribution in [0.2, 0.25) is 5.02 Å². The SMILES string of the molecule is CC(C)(CNCc1ccc(C(F)(F)F)cc1)c1nc(-c2ccc(Cl)c(O)c2)c(-c2ccnc(N)n2)[nH]1. The minimum absolute atomic E-state index is 0.0793. The second kappa shape index (κ2) is 9.79. The molecule has 7 nitrogen and oxygen atoms in total. The molecule has 0 aliphatic rings. The number of halogens is 4. The van der Waals surface area contributed by atoms with Gasteiger partial charge in [0.15, 0.2) is 0 Å². The van der Waals surface area contributed by atoms with Crippen LogP contribution in [-0.2, 0) is 18.1 Å². The molecule has 0 radical (unpaired) electrons. The van der Waals surface area contributed by atoms with Gasteiger partial charge in [-0.25, -0.2) is 15.0 Å². The Labute approximate surface area is 210 Å². The van der Waals surface area contributed by atoms with E-state index >= 15 is 0 Å². The number of phenolic OH excluding ortho intramolecular Hbond substituents is 1. The summed E-state index contributed by atoms with van der Waals surface area (Å²) in [6, 6.07) is 11.6. The predicted molar refractivity (Wildman–Crippen MR) is 132 cm³/mol. The van der Waals surface area contributed by atoms with Crippen molar-refractivity contribution >= 4 is 17.5 Å². The minimum Gasteiger partial charge on any atom is -0.506 e. The molecule has 5 N–H and O–H groups in total. The lowest BCUT2D eigenvalue weighted by Crippen LogP contribution is -2.33. The van der Waals surface area contributed by atoms with E-state index < -0.39 is 17.2 Å². The number of hydrogen-bond acceptors (Lipinski definition) is 6. The number of hydrogen-bond donors (Lipinski definition) is 4. The summed E-state index contributed by atoms with van der Waals surface area (Å²) < 4.78 is 38.4. The largest absolute Gasteiger partial charge is 0.506 e. The molecule has 0 bridgehead atoms. The fraction of sp³-hybridized carbons (Fsp3) is 0.240. The van der Waals surface area contributed by atoms with Crippen LogP contribution >= 0.6 is 11.6 Å². The highest BCUT2D eigenvalue weighted by Crippen LogP contribution is 2.36. The third-order valence-electron chi connectivity index (χ3n) is 5.67. The summed E-state index contributed by atoms with van der Waals surface area (Å²) >= 11 is 5.98. The number of alkyl halides is 3. The topological polar surface area (TPSA) is 113 Å². The van der Waals surface area contributed by atoms with Crippen LogP contribution in [0.4, 0.5) is 19.1 Å². The van der Waals surface area contributed by atoms with Crippen molar-refractivity contribution in [2.45, 2.75) is 32.0 Å². The van der Waals surface area contributed by atoms with Crippen molar-refractivity contribution in [1.29, 1.82) is 0 Å². The van der Waals surface area contributed by atoms with Gasteiger partial charge in [0.2, 0.25) is 5.95 Å². The normalized spacial score (nSPS) is 12.2. The Morgan fingerprint density at radius 3 is 2.42 bits per heavy atom. The molecule has 11 heteroatoms. The molecule has 0 amide bonds. The van der Waals surface area contributed by atoms with Crippen LogP contribution in [0.1, 0.15) is 30.8 Å². The van der Waals surface area contributed by atoms with Gasteiger partial charge >= 0.3 is 6.18 Å². The van der Waals surface area contributed by atoms with Crippen molar-refractivity contribution in [1.82, 2.24) is 25.3 Å². The molecule has 0 aliphatic heterocycles. The summed E-state index contributed by atoms with van der Waals surface area (Å²) in [5, 5.41) is 13.6. The molecule has 0 fully saturated rings. The van der Waals surface area contributed by atoms with Gasteiger partial charge in [-0.05, 0) is 35.9 Å². The number of rotatable bonds is 7. The smallest absolute Gasteiger partial charge is 0.416 e. The van der Waals surface area contributed by atoms with E-state index in [0.717, 1.165) is 17.7 Å². The van der Waals surface area contributed by atoms with Crippen molar-refractivity contribution in [2.75, 3.05) is 12.3 Å². The molecule has 4 rings (SSSR count). The first-order valence-corrected chi connectivity index (χ1v) is 11.4. The van der Waals surface area contributed by atoms with Crippen LogP contribution in [0.25, 0.3) is 22.6 Å². The molecule has 2 aromatic carbocycles. The average Bonchev–Trinajstić information content (AvgIpc) is 3.27. The van der Waals surface area contributed by atoms with Crippen LogP contribution in [-0.4, -0.2) is 31.6 Å². The number of benzene rings is 2. The quantitative estimate of drug-likeness (QED) is 0.256. The molecule has 0 atom stereocenters. The number of nitrogens with one attached hydrogen (secondary N) is 2. The van der Waals surface area contributed by atoms with Gasteiger partial charge < -0.3 is 21.1 Å². The van der Waals surface area contributed by atoms with Gasteiger partial charge in [-0.2, -0.15) is 13.2 Å². The lowest BCUT2D eigenvalue weighted by molar-refractivity contribution is -0.137. The van der Waals surface area contributed by atoms with Gasteiger partial charge in [0.05, 0.1) is 27.7 Å². The first kappa shape index (κ1) is 25.5. The van der Waals surface area contributed by atoms with Crippen LogP contribution in [0.5, 0.6) is 5.75 Å². The standard InChI is InChI=1S/C25H24ClF3N6O/c1-24(2,13-31-12-14-3-6-16(7-4-14)25(27,28)29)22-34-20(15-5-8-17(26)19(36)11-15)21(35-22)18-9-10-32-23(30)33-18/h3-11,31,36H,12-13H2,1-2H3,(H,34,35)(H2,30,32,33). The Kier molecular flexibility index (Phi) is 6.92. The minimum atomic E-state index is -4.36. The van der Waals surface area contributed by atoms with E-state index in [4.69, 9.17) is 22.3 Å². The molecule has 0 spiro atoms. The number of phenols is 1. The fourth-order valence-corrected chi connectivity index (χ4v) is 3.79. The van der Waals surface area contributed by atoms with E-state index in [1.54, 1.807) is 18.2 Å². The highest BCUT2D eigenvalue weighted by molar-refractivity contribution is 6.32. The van der Waals surface area contributed by atoms with Crippen molar-refractivity contribution in [3.8, 4) is 28.4 Å². The maximum absolute atomic E-state index is 12.8. The maximum atomic E-state index is 12.8. The van der Waals surface area contributed by atoms with Gasteiger partial charge in [0.25, 0.3) is 0 Å². The molecule has 36 heavy (non-hydrogen) atoms. The number of nitrogens with zero attached hydrogens (tertiary/aromatic N) is 3. The van der Waals surface area contributed by atoms with Gasteiger partial charge in [-0.15, -0.1) is 0 Å². The average molecular weight is 517 g/mol. The van der Waals surface area contributed by atoms with Crippen molar-refractivity contribution < 1.29 is 18.3 Å². The van der Waals surface area contributed by atoms with Gasteiger partial charge in [-0.1, -0.05) is 43.6 Å². The Morgan fingerprint density at radius 1 is 1.06 bits per heavy atom. The zero-order valence-electron chi connectivity index (χ0n) is 19.5. The van der Waals surface area contributed by atoms with Crippen LogP contribution in [0.15, 0.2) is 54.7 Å². The first-order chi connectivity index (χ1) is 16.9. The molecule has 0 saturated carbocycles. The Morgan fingerprint density at radius 2 is 1.78 bits per heavy atom. The van der Waals surface area contributed by atoms with Crippen molar-refractivity contribution in [3.63, 3.8) is 0 Å². The Hall–Kier alpha value is -3.63. The van der Waals surface area contributed by atoms with E-state index in [2.05, 4.69) is 20.3 Å². The second-order valence-electron chi connectivity index (χ2n) is 8.96. The molecular formula is C25H24ClF3N6O. The Bertz CT molecular complexity index is 1370. The highest BCUT2D eigenvalue weighted by atomic mass is 35.5. The summed E-state index contributed by atoms with van der Waals surface area (Å²) in [5.41, 5.74) is 7.62. The number of aromatic amines is 1. The highest BCUT2D eigenvalue weighted by Gasteiger charge is 2.30. The van der Waals surface area contributed by atoms with Crippen LogP contribution in [0, 0.1) is 0 Å². The summed E-state index contributed by atoms with van der Waals surface area (Å²) in [4.78, 5) is 16.4. The number of nitrogens with two attached hydrogens (primary N) is 1. The lowest BCUT2D eigenvalue weighted by Gasteiger charge is -2.23. The number of anilines is 1. The number of H-pyrrole nitrogens is 1. The third-order valence-corrected chi connectivity index (χ3v) is 5.99. The number of nitrogen functional groups attached to an aromatic ring is 1. The third kappa shape index (κ3) is 5.60. The number of imidazole rings is 1. The van der Waals surface area contributed by atoms with Crippen LogP contribution in [0.3, 0.4) is 0 Å². The van der Waals surface area contributed by atoms with E-state index in [0.29, 0.717) is 41.6 Å². The summed E-state index contributed by atoms with van der Waals surface area (Å²) in [6.07, 6.45) is -2.82. The predicted octanol–water partition coefficient (Wildman–Crippen LogP) is 5.56. The molecule has 0 aliphatic carbocycles. The Balaban J connectivity index is 1.59. The van der Waals surface area contributed by atoms with E-state index in [9.17, 15) is 18.3 Å². The fourth-order valence-electron chi connectivity index (χ4n) is 3.68. The molecule has 4 aromatic rings. The molecule has 0 unspecified atom stereocenters. The van der Waals surface area contributed by atoms with Crippen molar-refractivity contribution in [3.05, 3.63) is 76.7 Å². The van der Waals surface area contributed by atoms with Crippen molar-refractivity contribution in [2.24, 2.45) is 0 Å². The molecular weight excluding hydrogens is 493 g/mol. The van der Waals surface area contributed by atoms with Gasteiger partial charge in [0.1, 0.15) is 11.6 Å². The zero-order chi connectivity index (χ0) is 26.1. The van der Waals surface area contributed by atoms with Crippen LogP contribution < -0.4 is 11.1 Å². The summed E-state index contributed by atoms with van der Waals surface area (Å²) in [5.74, 6) is 0.661. The van der Waals surface area contributed by atoms with E-state index in [-0.39, 0.29) is 16.7 Å². The first-order valence-electron chi connectivity index (χ1n) is 11.0. The monoisotopic (exact) mass is 516 g/mol. The maximum Gasteiger partial charge on any atom is 0.416 e. The molecule has 188 valence electrons. The molecule has 2 aromatic heterocycles. The van der Waals surface area contributed by atoms with E-state index in [1.165, 1.54) is 24.4 Å². The van der Waals surface area contributed by atoms with Gasteiger partial charge in [0, 0.05) is 30.3 Å². The van der Waals surface area contributed by atoms with Gasteiger partial charge in [-0.3, -0.25) is 0 Å². The zero-order valence-corrected chi connectivity index (χ0v) is 20.2. The number of aromatic nitrogens is 4. The summed E-state index contributed by atoms with van der Waals surface area (Å²) in [6.45, 7) is 4.81. The number of aromatic hydroxyl groups is 1.